The summed E-state index contributed by atoms with van der Waals surface area (Å²) in [7, 11) is -3.59. The minimum atomic E-state index is -3.59. The van der Waals surface area contributed by atoms with Crippen LogP contribution in [-0.4, -0.2) is 52.2 Å². The van der Waals surface area contributed by atoms with Crippen LogP contribution in [0.25, 0.3) is 0 Å². The van der Waals surface area contributed by atoms with Gasteiger partial charge in [-0.25, -0.2) is 13.1 Å². The van der Waals surface area contributed by atoms with Crippen LogP contribution in [0.1, 0.15) is 12.5 Å². The third kappa shape index (κ3) is 4.41. The molecular weight excluding hydrogens is 290 g/mol. The molecule has 0 saturated carbocycles. The summed E-state index contributed by atoms with van der Waals surface area (Å²) >= 11 is 0. The highest BCUT2D eigenvalue weighted by molar-refractivity contribution is 7.89. The van der Waals surface area contributed by atoms with Crippen molar-refractivity contribution in [3.8, 4) is 0 Å². The van der Waals surface area contributed by atoms with Gasteiger partial charge in [-0.1, -0.05) is 6.07 Å². The van der Waals surface area contributed by atoms with Crippen LogP contribution in [0.5, 0.6) is 0 Å². The molecule has 21 heavy (non-hydrogen) atoms. The van der Waals surface area contributed by atoms with Gasteiger partial charge in [0.05, 0.1) is 18.9 Å². The van der Waals surface area contributed by atoms with Gasteiger partial charge in [0.2, 0.25) is 10.0 Å². The normalized spacial score (nSPS) is 18.6. The molecule has 1 aliphatic heterocycles. The van der Waals surface area contributed by atoms with E-state index in [0.29, 0.717) is 19.8 Å². The van der Waals surface area contributed by atoms with Crippen LogP contribution in [-0.2, 0) is 14.8 Å². The number of morpholine rings is 1. The summed E-state index contributed by atoms with van der Waals surface area (Å²) in [4.78, 5) is 2.33. The van der Waals surface area contributed by atoms with Gasteiger partial charge < -0.3 is 10.5 Å². The molecule has 118 valence electrons. The molecular formula is C14H23N3O3S. The maximum absolute atomic E-state index is 12.4. The number of ether oxygens (including phenoxy) is 1. The first-order chi connectivity index (χ1) is 9.88. The van der Waals surface area contributed by atoms with Gasteiger partial charge in [-0.2, -0.15) is 0 Å². The molecule has 0 spiro atoms. The van der Waals surface area contributed by atoms with E-state index in [4.69, 9.17) is 10.5 Å². The molecule has 7 heteroatoms. The second-order valence-corrected chi connectivity index (χ2v) is 7.16. The Morgan fingerprint density at radius 1 is 1.38 bits per heavy atom. The number of hydrogen-bond donors (Lipinski definition) is 2. The van der Waals surface area contributed by atoms with Crippen LogP contribution < -0.4 is 10.5 Å². The molecule has 1 fully saturated rings. The number of hydrogen-bond acceptors (Lipinski definition) is 5. The molecule has 0 radical (unpaired) electrons. The lowest BCUT2D eigenvalue weighted by atomic mass is 10.2. The van der Waals surface area contributed by atoms with Gasteiger partial charge in [0.15, 0.2) is 0 Å². The Bertz CT molecular complexity index is 583. The standard InChI is InChI=1S/C14H23N3O3S/c1-11-3-4-14(13(15)9-11)21(18,19)16-12(2)10-17-5-7-20-8-6-17/h3-4,9,12,16H,5-8,10,15H2,1-2H3. The number of sulfonamides is 1. The van der Waals surface area contributed by atoms with Crippen LogP contribution >= 0.6 is 0 Å². The number of aryl methyl sites for hydroxylation is 1. The zero-order chi connectivity index (χ0) is 15.5. The number of nitrogen functional groups attached to an aromatic ring is 1. The number of anilines is 1. The Balaban J connectivity index is 2.02. The van der Waals surface area contributed by atoms with Crippen LogP contribution in [0, 0.1) is 6.92 Å². The minimum absolute atomic E-state index is 0.141. The zero-order valence-electron chi connectivity index (χ0n) is 12.5. The summed E-state index contributed by atoms with van der Waals surface area (Å²) in [5.41, 5.74) is 7.04. The van der Waals surface area contributed by atoms with Gasteiger partial charge in [0.25, 0.3) is 0 Å². The number of benzene rings is 1. The highest BCUT2D eigenvalue weighted by Gasteiger charge is 2.22. The van der Waals surface area contributed by atoms with E-state index in [0.717, 1.165) is 18.7 Å². The summed E-state index contributed by atoms with van der Waals surface area (Å²) in [5, 5.41) is 0. The van der Waals surface area contributed by atoms with Gasteiger partial charge in [0, 0.05) is 25.7 Å². The number of nitrogens with zero attached hydrogens (tertiary/aromatic N) is 1. The highest BCUT2D eigenvalue weighted by Crippen LogP contribution is 2.19. The summed E-state index contributed by atoms with van der Waals surface area (Å²) in [6, 6.07) is 4.78. The fraction of sp³-hybridized carbons (Fsp3) is 0.571. The van der Waals surface area contributed by atoms with E-state index in [1.807, 2.05) is 13.8 Å². The average Bonchev–Trinajstić information content (AvgIpc) is 2.38. The number of rotatable bonds is 5. The molecule has 1 aliphatic rings. The van der Waals surface area contributed by atoms with Crippen molar-refractivity contribution in [1.82, 2.24) is 9.62 Å². The first-order valence-electron chi connectivity index (χ1n) is 7.07. The Kier molecular flexibility index (Phi) is 5.21. The Morgan fingerprint density at radius 2 is 2.05 bits per heavy atom. The smallest absolute Gasteiger partial charge is 0.242 e. The Hall–Kier alpha value is -1.15. The summed E-state index contributed by atoms with van der Waals surface area (Å²) in [6.07, 6.45) is 0. The zero-order valence-corrected chi connectivity index (χ0v) is 13.3. The molecule has 1 aromatic rings. The summed E-state index contributed by atoms with van der Waals surface area (Å²) in [6.45, 7) is 7.46. The van der Waals surface area contributed by atoms with E-state index in [1.165, 1.54) is 0 Å². The van der Waals surface area contributed by atoms with Crippen LogP contribution in [0.2, 0.25) is 0 Å². The van der Waals surface area contributed by atoms with Crippen LogP contribution in [0.4, 0.5) is 5.69 Å². The van der Waals surface area contributed by atoms with Crippen molar-refractivity contribution in [3.05, 3.63) is 23.8 Å². The predicted octanol–water partition coefficient (Wildman–Crippen LogP) is 0.576. The number of nitrogens with two attached hydrogens (primary N) is 1. The van der Waals surface area contributed by atoms with Crippen molar-refractivity contribution < 1.29 is 13.2 Å². The summed E-state index contributed by atoms with van der Waals surface area (Å²) < 4.78 is 32.7. The third-order valence-corrected chi connectivity index (χ3v) is 5.11. The molecule has 0 amide bonds. The minimum Gasteiger partial charge on any atom is -0.398 e. The van der Waals surface area contributed by atoms with Crippen molar-refractivity contribution in [3.63, 3.8) is 0 Å². The quantitative estimate of drug-likeness (QED) is 0.777. The second kappa shape index (κ2) is 6.74. The first-order valence-corrected chi connectivity index (χ1v) is 8.55. The molecule has 0 aliphatic carbocycles. The fourth-order valence-corrected chi connectivity index (χ4v) is 3.80. The van der Waals surface area contributed by atoms with E-state index >= 15 is 0 Å². The third-order valence-electron chi connectivity index (χ3n) is 3.45. The van der Waals surface area contributed by atoms with E-state index in [9.17, 15) is 8.42 Å². The van der Waals surface area contributed by atoms with Crippen molar-refractivity contribution in [1.29, 1.82) is 0 Å². The maximum atomic E-state index is 12.4. The molecule has 1 aromatic carbocycles. The SMILES string of the molecule is Cc1ccc(S(=O)(=O)NC(C)CN2CCOCC2)c(N)c1. The molecule has 0 aromatic heterocycles. The average molecular weight is 313 g/mol. The Labute approximate surface area is 126 Å². The molecule has 6 nitrogen and oxygen atoms in total. The van der Waals surface area contributed by atoms with Crippen LogP contribution in [0.3, 0.4) is 0 Å². The lowest BCUT2D eigenvalue weighted by molar-refractivity contribution is 0.0354. The van der Waals surface area contributed by atoms with Crippen molar-refractivity contribution in [2.75, 3.05) is 38.6 Å². The van der Waals surface area contributed by atoms with Gasteiger partial charge >= 0.3 is 0 Å². The van der Waals surface area contributed by atoms with Gasteiger partial charge in [-0.15, -0.1) is 0 Å². The topological polar surface area (TPSA) is 84.7 Å². The highest BCUT2D eigenvalue weighted by atomic mass is 32.2. The predicted molar refractivity (Wildman–Crippen MR) is 82.6 cm³/mol. The summed E-state index contributed by atoms with van der Waals surface area (Å²) in [5.74, 6) is 0. The lowest BCUT2D eigenvalue weighted by Crippen LogP contribution is -2.46. The van der Waals surface area contributed by atoms with Crippen molar-refractivity contribution in [2.45, 2.75) is 24.8 Å². The maximum Gasteiger partial charge on any atom is 0.242 e. The largest absolute Gasteiger partial charge is 0.398 e. The molecule has 1 saturated heterocycles. The van der Waals surface area contributed by atoms with Gasteiger partial charge in [-0.05, 0) is 31.5 Å². The fourth-order valence-electron chi connectivity index (χ4n) is 2.45. The van der Waals surface area contributed by atoms with Gasteiger partial charge in [-0.3, -0.25) is 4.90 Å². The van der Waals surface area contributed by atoms with E-state index in [-0.39, 0.29) is 16.6 Å². The molecule has 1 atom stereocenters. The monoisotopic (exact) mass is 313 g/mol. The van der Waals surface area contributed by atoms with Crippen molar-refractivity contribution in [2.24, 2.45) is 0 Å². The van der Waals surface area contributed by atoms with E-state index < -0.39 is 10.0 Å². The molecule has 1 unspecified atom stereocenters. The van der Waals surface area contributed by atoms with E-state index in [2.05, 4.69) is 9.62 Å². The Morgan fingerprint density at radius 3 is 2.67 bits per heavy atom. The van der Waals surface area contributed by atoms with Gasteiger partial charge in [0.1, 0.15) is 4.90 Å². The van der Waals surface area contributed by atoms with Crippen molar-refractivity contribution >= 4 is 15.7 Å². The first kappa shape index (κ1) is 16.2. The molecule has 2 rings (SSSR count). The number of nitrogens with one attached hydrogen (secondary N) is 1. The molecule has 0 bridgehead atoms. The molecule has 3 N–H and O–H groups in total. The van der Waals surface area contributed by atoms with Crippen LogP contribution in [0.15, 0.2) is 23.1 Å². The van der Waals surface area contributed by atoms with E-state index in [1.54, 1.807) is 18.2 Å². The lowest BCUT2D eigenvalue weighted by Gasteiger charge is -2.29. The molecule has 1 heterocycles. The second-order valence-electron chi connectivity index (χ2n) is 5.48.